The molecule has 5 rings (SSSR count). The van der Waals surface area contributed by atoms with Crippen LogP contribution in [0.3, 0.4) is 0 Å². The number of halogens is 1. The van der Waals surface area contributed by atoms with Gasteiger partial charge in [0.25, 0.3) is 5.91 Å². The second-order valence-electron chi connectivity index (χ2n) is 7.17. The fraction of sp³-hybridized carbons (Fsp3) is 0.474. The molecule has 2 atom stereocenters. The van der Waals surface area contributed by atoms with Crippen molar-refractivity contribution in [3.05, 3.63) is 42.1 Å². The van der Waals surface area contributed by atoms with Gasteiger partial charge in [-0.2, -0.15) is 0 Å². The summed E-state index contributed by atoms with van der Waals surface area (Å²) in [5.74, 6) is 0.116. The number of hydrogen-bond acceptors (Lipinski definition) is 3. The molecule has 0 aliphatic carbocycles. The third-order valence-electron chi connectivity index (χ3n) is 5.83. The summed E-state index contributed by atoms with van der Waals surface area (Å²) in [7, 11) is 1.83. The number of nitrogens with one attached hydrogen (secondary N) is 1. The highest BCUT2D eigenvalue weighted by molar-refractivity contribution is 5.94. The standard InChI is InChI=1S/C19H23FN4O/c1-12-18(13-5-7-24(12)8-6-13)22-19(25)17-4-3-16(23(17)2)14-9-15(20)11-21-10-14/h3-4,9-13,18H,5-8H2,1-2H3,(H,22,25)/t12-,18+/m1/s1. The molecule has 0 saturated carbocycles. The summed E-state index contributed by atoms with van der Waals surface area (Å²) in [6, 6.07) is 5.64. The number of amides is 1. The third-order valence-corrected chi connectivity index (χ3v) is 5.83. The summed E-state index contributed by atoms with van der Waals surface area (Å²) in [5.41, 5.74) is 2.03. The van der Waals surface area contributed by atoms with Crippen molar-refractivity contribution in [1.82, 2.24) is 19.8 Å². The van der Waals surface area contributed by atoms with E-state index >= 15 is 0 Å². The maximum absolute atomic E-state index is 13.4. The number of aromatic nitrogens is 2. The number of pyridine rings is 1. The fourth-order valence-electron chi connectivity index (χ4n) is 4.35. The molecule has 3 fully saturated rings. The van der Waals surface area contributed by atoms with Crippen molar-refractivity contribution in [2.75, 3.05) is 13.1 Å². The molecule has 2 aromatic heterocycles. The van der Waals surface area contributed by atoms with E-state index in [0.717, 1.165) is 31.6 Å². The van der Waals surface area contributed by atoms with Gasteiger partial charge in [-0.3, -0.25) is 14.7 Å². The van der Waals surface area contributed by atoms with E-state index in [-0.39, 0.29) is 17.8 Å². The molecule has 0 aromatic carbocycles. The van der Waals surface area contributed by atoms with Gasteiger partial charge in [-0.25, -0.2) is 4.39 Å². The van der Waals surface area contributed by atoms with E-state index in [1.165, 1.54) is 12.3 Å². The Morgan fingerprint density at radius 1 is 1.28 bits per heavy atom. The number of fused-ring (bicyclic) bond motifs is 3. The van der Waals surface area contributed by atoms with Gasteiger partial charge in [0.15, 0.2) is 0 Å². The van der Waals surface area contributed by atoms with Gasteiger partial charge in [0.1, 0.15) is 11.5 Å². The van der Waals surface area contributed by atoms with Crippen LogP contribution in [0.1, 0.15) is 30.3 Å². The van der Waals surface area contributed by atoms with Crippen molar-refractivity contribution >= 4 is 5.91 Å². The van der Waals surface area contributed by atoms with Crippen molar-refractivity contribution in [1.29, 1.82) is 0 Å². The number of rotatable bonds is 3. The zero-order valence-electron chi connectivity index (χ0n) is 14.6. The van der Waals surface area contributed by atoms with Gasteiger partial charge in [-0.15, -0.1) is 0 Å². The Balaban J connectivity index is 1.55. The van der Waals surface area contributed by atoms with Gasteiger partial charge in [0.05, 0.1) is 11.9 Å². The average Bonchev–Trinajstić information content (AvgIpc) is 3.00. The molecule has 1 N–H and O–H groups in total. The highest BCUT2D eigenvalue weighted by Gasteiger charge is 2.40. The SMILES string of the molecule is C[C@@H]1[C@H](NC(=O)c2ccc(-c3cncc(F)c3)n2C)C2CCN1CC2. The summed E-state index contributed by atoms with van der Waals surface area (Å²) >= 11 is 0. The number of hydrogen-bond donors (Lipinski definition) is 1. The molecule has 2 bridgehead atoms. The normalized spacial score (nSPS) is 28.1. The Kier molecular flexibility index (Phi) is 4.07. The maximum atomic E-state index is 13.4. The summed E-state index contributed by atoms with van der Waals surface area (Å²) in [5, 5.41) is 3.24. The average molecular weight is 342 g/mol. The van der Waals surface area contributed by atoms with E-state index < -0.39 is 0 Å². The molecule has 6 heteroatoms. The molecular formula is C19H23FN4O. The summed E-state index contributed by atoms with van der Waals surface area (Å²) in [4.78, 5) is 19.2. The number of carbonyl (C=O) groups excluding carboxylic acids is 1. The van der Waals surface area contributed by atoms with Crippen molar-refractivity contribution in [3.63, 3.8) is 0 Å². The van der Waals surface area contributed by atoms with Gasteiger partial charge in [0.2, 0.25) is 0 Å². The molecule has 5 nitrogen and oxygen atoms in total. The number of nitrogens with zero attached hydrogens (tertiary/aromatic N) is 3. The molecule has 132 valence electrons. The molecule has 3 aliphatic rings. The lowest BCUT2D eigenvalue weighted by Gasteiger charge is -2.49. The first-order valence-corrected chi connectivity index (χ1v) is 8.86. The highest BCUT2D eigenvalue weighted by atomic mass is 19.1. The van der Waals surface area contributed by atoms with Crippen LogP contribution in [0.15, 0.2) is 30.6 Å². The van der Waals surface area contributed by atoms with Crippen LogP contribution < -0.4 is 5.32 Å². The minimum atomic E-state index is -0.384. The van der Waals surface area contributed by atoms with Crippen LogP contribution in [0.2, 0.25) is 0 Å². The van der Waals surface area contributed by atoms with Crippen molar-refractivity contribution in [2.45, 2.75) is 31.8 Å². The Morgan fingerprint density at radius 2 is 2.04 bits per heavy atom. The molecule has 25 heavy (non-hydrogen) atoms. The number of carbonyl (C=O) groups is 1. The lowest BCUT2D eigenvalue weighted by atomic mass is 9.79. The molecule has 0 unspecified atom stereocenters. The van der Waals surface area contributed by atoms with Crippen LogP contribution in [0.4, 0.5) is 4.39 Å². The lowest BCUT2D eigenvalue weighted by Crippen LogP contribution is -2.62. The van der Waals surface area contributed by atoms with Crippen LogP contribution in [0.25, 0.3) is 11.3 Å². The monoisotopic (exact) mass is 342 g/mol. The Bertz CT molecular complexity index is 792. The molecule has 0 radical (unpaired) electrons. The molecule has 1 amide bonds. The summed E-state index contributed by atoms with van der Waals surface area (Å²) < 4.78 is 15.2. The van der Waals surface area contributed by atoms with Crippen LogP contribution in [-0.2, 0) is 7.05 Å². The van der Waals surface area contributed by atoms with Gasteiger partial charge < -0.3 is 9.88 Å². The van der Waals surface area contributed by atoms with E-state index in [1.807, 2.05) is 13.1 Å². The first-order valence-electron chi connectivity index (χ1n) is 8.86. The van der Waals surface area contributed by atoms with Crippen molar-refractivity contribution in [2.24, 2.45) is 13.0 Å². The zero-order chi connectivity index (χ0) is 17.6. The quantitative estimate of drug-likeness (QED) is 0.932. The topological polar surface area (TPSA) is 50.2 Å². The second kappa shape index (κ2) is 6.26. The second-order valence-corrected chi connectivity index (χ2v) is 7.17. The third kappa shape index (κ3) is 2.84. The molecule has 2 aromatic rings. The molecule has 0 spiro atoms. The predicted molar refractivity (Wildman–Crippen MR) is 93.6 cm³/mol. The minimum absolute atomic E-state index is 0.0660. The summed E-state index contributed by atoms with van der Waals surface area (Å²) in [6.45, 7) is 4.48. The van der Waals surface area contributed by atoms with Gasteiger partial charge in [-0.05, 0) is 57.0 Å². The minimum Gasteiger partial charge on any atom is -0.346 e. The van der Waals surface area contributed by atoms with Gasteiger partial charge >= 0.3 is 0 Å². The Hall–Kier alpha value is -2.21. The van der Waals surface area contributed by atoms with Crippen molar-refractivity contribution in [3.8, 4) is 11.3 Å². The smallest absolute Gasteiger partial charge is 0.268 e. The van der Waals surface area contributed by atoms with Crippen LogP contribution >= 0.6 is 0 Å². The first-order chi connectivity index (χ1) is 12.0. The maximum Gasteiger partial charge on any atom is 0.268 e. The van der Waals surface area contributed by atoms with Gasteiger partial charge in [0, 0.05) is 30.9 Å². The Morgan fingerprint density at radius 3 is 2.72 bits per heavy atom. The fourth-order valence-corrected chi connectivity index (χ4v) is 4.35. The zero-order valence-corrected chi connectivity index (χ0v) is 14.6. The van der Waals surface area contributed by atoms with E-state index in [2.05, 4.69) is 22.1 Å². The molecular weight excluding hydrogens is 319 g/mol. The predicted octanol–water partition coefficient (Wildman–Crippen LogP) is 2.44. The van der Waals surface area contributed by atoms with Crippen LogP contribution in [-0.4, -0.2) is 45.5 Å². The van der Waals surface area contributed by atoms with E-state index in [0.29, 0.717) is 23.2 Å². The Labute approximate surface area is 146 Å². The van der Waals surface area contributed by atoms with Crippen LogP contribution in [0.5, 0.6) is 0 Å². The van der Waals surface area contributed by atoms with E-state index in [9.17, 15) is 9.18 Å². The molecule has 5 heterocycles. The largest absolute Gasteiger partial charge is 0.346 e. The lowest BCUT2D eigenvalue weighted by molar-refractivity contribution is 0.0215. The molecule has 3 saturated heterocycles. The molecule has 3 aliphatic heterocycles. The summed E-state index contributed by atoms with van der Waals surface area (Å²) in [6.07, 6.45) is 5.09. The van der Waals surface area contributed by atoms with E-state index in [4.69, 9.17) is 0 Å². The van der Waals surface area contributed by atoms with Gasteiger partial charge in [-0.1, -0.05) is 0 Å². The highest BCUT2D eigenvalue weighted by Crippen LogP contribution is 2.32. The van der Waals surface area contributed by atoms with Crippen LogP contribution in [0, 0.1) is 11.7 Å². The van der Waals surface area contributed by atoms with Crippen molar-refractivity contribution < 1.29 is 9.18 Å². The van der Waals surface area contributed by atoms with E-state index in [1.54, 1.807) is 16.8 Å². The number of piperidine rings is 3. The first kappa shape index (κ1) is 16.3.